The molecule has 9 nitrogen and oxygen atoms in total. The topological polar surface area (TPSA) is 103 Å². The Hall–Kier alpha value is -3.99. The summed E-state index contributed by atoms with van der Waals surface area (Å²) in [5.41, 5.74) is 2.31. The van der Waals surface area contributed by atoms with Gasteiger partial charge in [-0.3, -0.25) is 9.69 Å². The van der Waals surface area contributed by atoms with Crippen LogP contribution >= 0.6 is 0 Å². The van der Waals surface area contributed by atoms with Crippen molar-refractivity contribution in [2.45, 2.75) is 64.8 Å². The molecule has 46 heavy (non-hydrogen) atoms. The van der Waals surface area contributed by atoms with Gasteiger partial charge in [-0.15, -0.1) is 0 Å². The van der Waals surface area contributed by atoms with E-state index in [-0.39, 0.29) is 36.2 Å². The molecule has 4 atom stereocenters. The summed E-state index contributed by atoms with van der Waals surface area (Å²) in [5, 5.41) is 15.6. The minimum atomic E-state index is -0.539. The summed E-state index contributed by atoms with van der Waals surface area (Å²) in [6.45, 7) is 8.05. The lowest BCUT2D eigenvalue weighted by Gasteiger charge is -2.36. The van der Waals surface area contributed by atoms with Gasteiger partial charge in [-0.05, 0) is 88.2 Å². The van der Waals surface area contributed by atoms with Crippen LogP contribution in [0.3, 0.4) is 0 Å². The minimum Gasteiger partial charge on any atom is -0.490 e. The molecule has 0 bridgehead atoms. The number of aliphatic hydroxyl groups excluding tert-OH is 1. The molecule has 1 heterocycles. The zero-order valence-corrected chi connectivity index (χ0v) is 27.2. The Morgan fingerprint density at radius 2 is 1.74 bits per heavy atom. The lowest BCUT2D eigenvalue weighted by atomic mass is 10.0. The molecule has 0 fully saturated rings. The number of carbonyl (C=O) groups is 2. The van der Waals surface area contributed by atoms with E-state index in [9.17, 15) is 19.1 Å². The van der Waals surface area contributed by atoms with Crippen molar-refractivity contribution in [1.29, 1.82) is 0 Å². The number of fused-ring (bicyclic) bond motifs is 1. The van der Waals surface area contributed by atoms with E-state index in [2.05, 4.69) is 41.6 Å². The number of rotatable bonds is 8. The number of aliphatic hydroxyl groups is 1. The van der Waals surface area contributed by atoms with Gasteiger partial charge in [0.05, 0.1) is 30.4 Å². The van der Waals surface area contributed by atoms with Gasteiger partial charge in [-0.25, -0.2) is 9.18 Å². The monoisotopic (exact) mass is 634 g/mol. The number of halogens is 1. The Bertz CT molecular complexity index is 1410. The summed E-state index contributed by atoms with van der Waals surface area (Å²) in [6, 6.07) is 19.7. The van der Waals surface area contributed by atoms with Gasteiger partial charge in [-0.2, -0.15) is 0 Å². The van der Waals surface area contributed by atoms with Gasteiger partial charge in [0, 0.05) is 43.5 Å². The molecule has 0 aliphatic carbocycles. The Morgan fingerprint density at radius 1 is 1.04 bits per heavy atom. The van der Waals surface area contributed by atoms with E-state index in [0.717, 1.165) is 25.8 Å². The fourth-order valence-corrected chi connectivity index (χ4v) is 5.56. The van der Waals surface area contributed by atoms with Gasteiger partial charge in [-0.1, -0.05) is 37.3 Å². The molecule has 0 aromatic heterocycles. The quantitative estimate of drug-likeness (QED) is 0.265. The van der Waals surface area contributed by atoms with Crippen LogP contribution in [0.5, 0.6) is 5.75 Å². The molecule has 1 aliphatic rings. The summed E-state index contributed by atoms with van der Waals surface area (Å²) in [4.78, 5) is 31.0. The third-order valence-corrected chi connectivity index (χ3v) is 8.20. The van der Waals surface area contributed by atoms with Gasteiger partial charge in [0.2, 0.25) is 0 Å². The molecular formula is C36H47FN4O5. The van der Waals surface area contributed by atoms with Crippen molar-refractivity contribution in [3.8, 4) is 5.75 Å². The predicted molar refractivity (Wildman–Crippen MR) is 179 cm³/mol. The van der Waals surface area contributed by atoms with E-state index in [0.29, 0.717) is 36.8 Å². The number of nitrogens with one attached hydrogen (secondary N) is 2. The van der Waals surface area contributed by atoms with Crippen LogP contribution in [0, 0.1) is 11.7 Å². The van der Waals surface area contributed by atoms with Gasteiger partial charge < -0.3 is 30.1 Å². The Balaban J connectivity index is 1.58. The van der Waals surface area contributed by atoms with Crippen molar-refractivity contribution >= 4 is 23.3 Å². The van der Waals surface area contributed by atoms with Crippen LogP contribution in [0.25, 0.3) is 0 Å². The van der Waals surface area contributed by atoms with Crippen LogP contribution in [0.15, 0.2) is 72.8 Å². The SMILES string of the molecule is C[C@@H]1CCCCO[C@@H](CN(C)Cc2ccccc2)[C@H](C)CN([C@H](C)CO)C(=O)c2cc(NC(=O)Nc3ccc(F)cc3)ccc2O1. The number of amides is 3. The second kappa shape index (κ2) is 17.1. The number of ether oxygens (including phenoxy) is 2. The first-order valence-electron chi connectivity index (χ1n) is 16.0. The predicted octanol–water partition coefficient (Wildman–Crippen LogP) is 6.40. The molecule has 3 aromatic carbocycles. The number of carbonyl (C=O) groups excluding carboxylic acids is 2. The fourth-order valence-electron chi connectivity index (χ4n) is 5.56. The van der Waals surface area contributed by atoms with E-state index in [4.69, 9.17) is 9.47 Å². The number of hydrogen-bond donors (Lipinski definition) is 3. The maximum absolute atomic E-state index is 14.3. The second-order valence-corrected chi connectivity index (χ2v) is 12.3. The van der Waals surface area contributed by atoms with Crippen LogP contribution in [0.2, 0.25) is 0 Å². The highest BCUT2D eigenvalue weighted by Crippen LogP contribution is 2.29. The minimum absolute atomic E-state index is 0.0507. The van der Waals surface area contributed by atoms with Crippen LogP contribution in [0.1, 0.15) is 56.0 Å². The largest absolute Gasteiger partial charge is 0.490 e. The van der Waals surface area contributed by atoms with Crippen molar-refractivity contribution in [2.75, 3.05) is 44.0 Å². The molecule has 0 saturated carbocycles. The summed E-state index contributed by atoms with van der Waals surface area (Å²) in [7, 11) is 2.07. The van der Waals surface area contributed by atoms with Gasteiger partial charge in [0.1, 0.15) is 11.6 Å². The second-order valence-electron chi connectivity index (χ2n) is 12.3. The number of anilines is 2. The van der Waals surface area contributed by atoms with Gasteiger partial charge >= 0.3 is 6.03 Å². The maximum Gasteiger partial charge on any atom is 0.323 e. The number of nitrogens with zero attached hydrogens (tertiary/aromatic N) is 2. The highest BCUT2D eigenvalue weighted by atomic mass is 19.1. The highest BCUT2D eigenvalue weighted by molar-refractivity contribution is 6.02. The van der Waals surface area contributed by atoms with Crippen LogP contribution in [-0.2, 0) is 11.3 Å². The van der Waals surface area contributed by atoms with Crippen molar-refractivity contribution in [1.82, 2.24) is 9.80 Å². The Kier molecular flexibility index (Phi) is 12.9. The summed E-state index contributed by atoms with van der Waals surface area (Å²) >= 11 is 0. The van der Waals surface area contributed by atoms with Crippen LogP contribution < -0.4 is 15.4 Å². The van der Waals surface area contributed by atoms with E-state index in [1.807, 2.05) is 32.0 Å². The Labute approximate surface area is 271 Å². The Morgan fingerprint density at radius 3 is 2.46 bits per heavy atom. The molecule has 0 radical (unpaired) electrons. The number of urea groups is 1. The molecule has 0 spiro atoms. The third kappa shape index (κ3) is 10.3. The molecule has 1 aliphatic heterocycles. The van der Waals surface area contributed by atoms with Crippen molar-refractivity contribution in [3.63, 3.8) is 0 Å². The molecule has 0 saturated heterocycles. The van der Waals surface area contributed by atoms with E-state index in [1.54, 1.807) is 23.1 Å². The van der Waals surface area contributed by atoms with Crippen LogP contribution in [0.4, 0.5) is 20.6 Å². The average molecular weight is 635 g/mol. The van der Waals surface area contributed by atoms with Gasteiger partial charge in [0.15, 0.2) is 0 Å². The van der Waals surface area contributed by atoms with E-state index >= 15 is 0 Å². The lowest BCUT2D eigenvalue weighted by molar-refractivity contribution is -0.0177. The zero-order valence-electron chi connectivity index (χ0n) is 27.2. The number of benzene rings is 3. The third-order valence-electron chi connectivity index (χ3n) is 8.20. The number of likely N-dealkylation sites (N-methyl/N-ethyl adjacent to an activating group) is 1. The van der Waals surface area contributed by atoms with Crippen LogP contribution in [-0.4, -0.2) is 78.4 Å². The molecule has 3 aromatic rings. The number of hydrogen-bond acceptors (Lipinski definition) is 6. The molecule has 4 rings (SSSR count). The first-order chi connectivity index (χ1) is 22.1. The van der Waals surface area contributed by atoms with Crippen molar-refractivity contribution < 1.29 is 28.6 Å². The van der Waals surface area contributed by atoms with E-state index < -0.39 is 17.9 Å². The zero-order chi connectivity index (χ0) is 33.1. The van der Waals surface area contributed by atoms with Gasteiger partial charge in [0.25, 0.3) is 5.91 Å². The molecule has 10 heteroatoms. The first-order valence-corrected chi connectivity index (χ1v) is 16.0. The van der Waals surface area contributed by atoms with Crippen molar-refractivity contribution in [3.05, 3.63) is 89.7 Å². The smallest absolute Gasteiger partial charge is 0.323 e. The summed E-state index contributed by atoms with van der Waals surface area (Å²) in [5.74, 6) is -0.355. The molecule has 3 amide bonds. The molecular weight excluding hydrogens is 587 g/mol. The summed E-state index contributed by atoms with van der Waals surface area (Å²) < 4.78 is 26.0. The normalized spacial score (nSPS) is 20.3. The van der Waals surface area contributed by atoms with Crippen molar-refractivity contribution in [2.24, 2.45) is 5.92 Å². The molecule has 3 N–H and O–H groups in total. The fraction of sp³-hybridized carbons (Fsp3) is 0.444. The summed E-state index contributed by atoms with van der Waals surface area (Å²) in [6.07, 6.45) is 2.26. The highest BCUT2D eigenvalue weighted by Gasteiger charge is 2.30. The first kappa shape index (κ1) is 34.9. The molecule has 248 valence electrons. The maximum atomic E-state index is 14.3. The molecule has 0 unspecified atom stereocenters. The lowest BCUT2D eigenvalue weighted by Crippen LogP contribution is -2.47. The average Bonchev–Trinajstić information content (AvgIpc) is 3.04. The standard InChI is InChI=1S/C36H47FN4O5/c1-25-21-41(26(2)24-42)35(43)32-20-31(39-36(44)38-30-15-13-29(37)14-16-30)17-18-33(32)46-27(3)10-8-9-19-45-34(25)23-40(4)22-28-11-6-5-7-12-28/h5-7,11-18,20,25-27,34,42H,8-10,19,21-24H2,1-4H3,(H2,38,39,44)/t25-,26-,27-,34+/m1/s1. The van der Waals surface area contributed by atoms with E-state index in [1.165, 1.54) is 29.8 Å².